The van der Waals surface area contributed by atoms with E-state index in [1.54, 1.807) is 7.11 Å². The molecule has 2 aromatic rings. The number of rotatable bonds is 5. The summed E-state index contributed by atoms with van der Waals surface area (Å²) in [6.07, 6.45) is 8.08. The number of imidazole rings is 1. The number of hydrogen-bond donors (Lipinski definition) is 0. The first-order valence-corrected chi connectivity index (χ1v) is 8.24. The van der Waals surface area contributed by atoms with Crippen molar-refractivity contribution in [1.82, 2.24) is 19.5 Å². The zero-order valence-corrected chi connectivity index (χ0v) is 14.2. The summed E-state index contributed by atoms with van der Waals surface area (Å²) in [4.78, 5) is 16.1. The SMILES string of the molecule is COCCn1ccnc1[C@@H]1CCCN(c2nc(C)cnc2C)C1. The standard InChI is InChI=1S/C17H25N5O/c1-13-11-19-14(2)16(20-13)22-7-4-5-15(12-22)17-18-6-8-21(17)9-10-23-3/h6,8,11,15H,4-5,7,9-10,12H2,1-3H3/t15-/m1/s1. The van der Waals surface area contributed by atoms with Crippen LogP contribution in [0, 0.1) is 13.8 Å². The molecule has 124 valence electrons. The number of ether oxygens (including phenoxy) is 1. The zero-order valence-electron chi connectivity index (χ0n) is 14.2. The predicted octanol–water partition coefficient (Wildman–Crippen LogP) is 2.32. The molecule has 0 bridgehead atoms. The van der Waals surface area contributed by atoms with E-state index in [1.165, 1.54) is 6.42 Å². The fourth-order valence-corrected chi connectivity index (χ4v) is 3.26. The zero-order chi connectivity index (χ0) is 16.2. The van der Waals surface area contributed by atoms with Crippen LogP contribution in [0.5, 0.6) is 0 Å². The van der Waals surface area contributed by atoms with E-state index >= 15 is 0 Å². The number of piperidine rings is 1. The number of anilines is 1. The Morgan fingerprint density at radius 2 is 2.17 bits per heavy atom. The number of nitrogens with zero attached hydrogens (tertiary/aromatic N) is 5. The normalized spacial score (nSPS) is 18.4. The van der Waals surface area contributed by atoms with Crippen molar-refractivity contribution in [3.8, 4) is 0 Å². The number of aryl methyl sites for hydroxylation is 2. The average molecular weight is 315 g/mol. The molecule has 1 saturated heterocycles. The molecule has 0 saturated carbocycles. The highest BCUT2D eigenvalue weighted by Crippen LogP contribution is 2.29. The van der Waals surface area contributed by atoms with E-state index in [0.717, 1.165) is 49.1 Å². The van der Waals surface area contributed by atoms with Crippen molar-refractivity contribution in [3.05, 3.63) is 35.8 Å². The van der Waals surface area contributed by atoms with Crippen molar-refractivity contribution in [2.75, 3.05) is 31.7 Å². The van der Waals surface area contributed by atoms with Gasteiger partial charge in [-0.15, -0.1) is 0 Å². The third kappa shape index (κ3) is 3.52. The molecule has 1 aliphatic heterocycles. The largest absolute Gasteiger partial charge is 0.383 e. The smallest absolute Gasteiger partial charge is 0.150 e. The molecule has 23 heavy (non-hydrogen) atoms. The van der Waals surface area contributed by atoms with E-state index in [-0.39, 0.29) is 0 Å². The first-order valence-electron chi connectivity index (χ1n) is 8.24. The molecule has 1 fully saturated rings. The Balaban J connectivity index is 1.78. The first-order chi connectivity index (χ1) is 11.2. The Morgan fingerprint density at radius 1 is 1.30 bits per heavy atom. The Bertz CT molecular complexity index is 654. The predicted molar refractivity (Wildman–Crippen MR) is 89.8 cm³/mol. The average Bonchev–Trinajstić information content (AvgIpc) is 3.04. The van der Waals surface area contributed by atoms with Gasteiger partial charge in [-0.1, -0.05) is 0 Å². The fourth-order valence-electron chi connectivity index (χ4n) is 3.26. The highest BCUT2D eigenvalue weighted by molar-refractivity contribution is 5.44. The number of hydrogen-bond acceptors (Lipinski definition) is 5. The molecule has 1 aliphatic rings. The van der Waals surface area contributed by atoms with Crippen LogP contribution in [0.25, 0.3) is 0 Å². The summed E-state index contributed by atoms with van der Waals surface area (Å²) in [5, 5.41) is 0. The van der Waals surface area contributed by atoms with Gasteiger partial charge in [0.05, 0.1) is 18.0 Å². The van der Waals surface area contributed by atoms with Gasteiger partial charge in [0.2, 0.25) is 0 Å². The van der Waals surface area contributed by atoms with E-state index in [1.807, 2.05) is 32.4 Å². The van der Waals surface area contributed by atoms with Crippen LogP contribution < -0.4 is 4.90 Å². The van der Waals surface area contributed by atoms with E-state index in [9.17, 15) is 0 Å². The summed E-state index contributed by atoms with van der Waals surface area (Å²) in [6.45, 7) is 7.57. The van der Waals surface area contributed by atoms with Gasteiger partial charge in [-0.3, -0.25) is 4.98 Å². The van der Waals surface area contributed by atoms with Crippen molar-refractivity contribution in [3.63, 3.8) is 0 Å². The molecule has 3 heterocycles. The monoisotopic (exact) mass is 315 g/mol. The van der Waals surface area contributed by atoms with Crippen molar-refractivity contribution in [2.45, 2.75) is 39.2 Å². The Kier molecular flexibility index (Phi) is 4.91. The minimum Gasteiger partial charge on any atom is -0.383 e. The molecule has 6 nitrogen and oxygen atoms in total. The maximum Gasteiger partial charge on any atom is 0.150 e. The number of aromatic nitrogens is 4. The topological polar surface area (TPSA) is 56.1 Å². The van der Waals surface area contributed by atoms with Gasteiger partial charge in [-0.2, -0.15) is 0 Å². The van der Waals surface area contributed by atoms with Gasteiger partial charge >= 0.3 is 0 Å². The molecule has 0 aromatic carbocycles. The van der Waals surface area contributed by atoms with Gasteiger partial charge in [-0.25, -0.2) is 9.97 Å². The molecule has 0 N–H and O–H groups in total. The van der Waals surface area contributed by atoms with Crippen molar-refractivity contribution in [1.29, 1.82) is 0 Å². The van der Waals surface area contributed by atoms with Gasteiger partial charge < -0.3 is 14.2 Å². The molecular formula is C17H25N5O. The van der Waals surface area contributed by atoms with Gasteiger partial charge in [-0.05, 0) is 26.7 Å². The third-order valence-electron chi connectivity index (χ3n) is 4.42. The highest BCUT2D eigenvalue weighted by Gasteiger charge is 2.26. The number of methoxy groups -OCH3 is 1. The summed E-state index contributed by atoms with van der Waals surface area (Å²) < 4.78 is 7.41. The molecule has 0 amide bonds. The Labute approximate surface area is 137 Å². The van der Waals surface area contributed by atoms with Crippen LogP contribution in [0.4, 0.5) is 5.82 Å². The molecule has 1 atom stereocenters. The lowest BCUT2D eigenvalue weighted by atomic mass is 9.97. The van der Waals surface area contributed by atoms with E-state index in [2.05, 4.69) is 19.4 Å². The second-order valence-electron chi connectivity index (χ2n) is 6.18. The molecule has 0 unspecified atom stereocenters. The van der Waals surface area contributed by atoms with Crippen LogP contribution in [-0.2, 0) is 11.3 Å². The van der Waals surface area contributed by atoms with Gasteiger partial charge in [0.15, 0.2) is 0 Å². The van der Waals surface area contributed by atoms with Crippen LogP contribution in [0.2, 0.25) is 0 Å². The summed E-state index contributed by atoms with van der Waals surface area (Å²) in [6, 6.07) is 0. The molecule has 0 radical (unpaired) electrons. The maximum absolute atomic E-state index is 5.20. The molecule has 2 aromatic heterocycles. The summed E-state index contributed by atoms with van der Waals surface area (Å²) in [7, 11) is 1.73. The molecular weight excluding hydrogens is 290 g/mol. The van der Waals surface area contributed by atoms with Crippen LogP contribution in [-0.4, -0.2) is 46.3 Å². The minimum atomic E-state index is 0.428. The second kappa shape index (κ2) is 7.08. The molecule has 3 rings (SSSR count). The summed E-state index contributed by atoms with van der Waals surface area (Å²) in [5.74, 6) is 2.60. The van der Waals surface area contributed by atoms with Crippen molar-refractivity contribution < 1.29 is 4.74 Å². The van der Waals surface area contributed by atoms with Crippen molar-refractivity contribution >= 4 is 5.82 Å². The Morgan fingerprint density at radius 3 is 3.00 bits per heavy atom. The van der Waals surface area contributed by atoms with Crippen LogP contribution in [0.1, 0.15) is 36.0 Å². The van der Waals surface area contributed by atoms with Gasteiger partial charge in [0.1, 0.15) is 11.6 Å². The minimum absolute atomic E-state index is 0.428. The second-order valence-corrected chi connectivity index (χ2v) is 6.18. The molecule has 0 aliphatic carbocycles. The lowest BCUT2D eigenvalue weighted by molar-refractivity contribution is 0.185. The quantitative estimate of drug-likeness (QED) is 0.847. The maximum atomic E-state index is 5.20. The lowest BCUT2D eigenvalue weighted by Crippen LogP contribution is -2.36. The highest BCUT2D eigenvalue weighted by atomic mass is 16.5. The van der Waals surface area contributed by atoms with Crippen molar-refractivity contribution in [2.24, 2.45) is 0 Å². The van der Waals surface area contributed by atoms with Crippen LogP contribution in [0.3, 0.4) is 0 Å². The summed E-state index contributed by atoms with van der Waals surface area (Å²) >= 11 is 0. The van der Waals surface area contributed by atoms with E-state index < -0.39 is 0 Å². The molecule has 6 heteroatoms. The van der Waals surface area contributed by atoms with Crippen LogP contribution in [0.15, 0.2) is 18.6 Å². The molecule has 0 spiro atoms. The fraction of sp³-hybridized carbons (Fsp3) is 0.588. The van der Waals surface area contributed by atoms with Gasteiger partial charge in [0.25, 0.3) is 0 Å². The van der Waals surface area contributed by atoms with Gasteiger partial charge in [0, 0.05) is 51.3 Å². The van der Waals surface area contributed by atoms with E-state index in [0.29, 0.717) is 12.5 Å². The van der Waals surface area contributed by atoms with E-state index in [4.69, 9.17) is 9.72 Å². The lowest BCUT2D eigenvalue weighted by Gasteiger charge is -2.34. The Hall–Kier alpha value is -1.95. The summed E-state index contributed by atoms with van der Waals surface area (Å²) in [5.41, 5.74) is 1.97. The first kappa shape index (κ1) is 15.9. The third-order valence-corrected chi connectivity index (χ3v) is 4.42. The van der Waals surface area contributed by atoms with Crippen LogP contribution >= 0.6 is 0 Å².